The minimum Gasteiger partial charge on any atom is -0.207 e. The Bertz CT molecular complexity index is 903. The van der Waals surface area contributed by atoms with Crippen molar-refractivity contribution in [1.29, 1.82) is 0 Å². The average Bonchev–Trinajstić information content (AvgIpc) is 2.82. The molecule has 2 aromatic rings. The van der Waals surface area contributed by atoms with Crippen LogP contribution in [0.3, 0.4) is 0 Å². The Morgan fingerprint density at radius 2 is 1.22 bits per heavy atom. The van der Waals surface area contributed by atoms with E-state index in [1.807, 2.05) is 18.2 Å². The molecule has 2 saturated carbocycles. The SMILES string of the molecule is CCCc1ccc(C2CCC(c3ccc(C4CCC(CC)CC4)c(F)c3F)CC2)cc1F. The average molecular weight is 443 g/mol. The standard InChI is InChI=1S/C29H37F3/c1-3-5-23-14-15-24(18-27(23)30)20-10-12-22(13-11-20)26-17-16-25(28(31)29(26)32)21-8-6-19(4-2)7-9-21/h14-22H,3-13H2,1-2H3. The summed E-state index contributed by atoms with van der Waals surface area (Å²) in [5.41, 5.74) is 2.95. The van der Waals surface area contributed by atoms with Gasteiger partial charge in [-0.1, -0.05) is 51.0 Å². The van der Waals surface area contributed by atoms with Crippen LogP contribution in [0.5, 0.6) is 0 Å². The third-order valence-corrected chi connectivity index (χ3v) is 8.24. The molecule has 2 aromatic carbocycles. The zero-order chi connectivity index (χ0) is 22.7. The van der Waals surface area contributed by atoms with Gasteiger partial charge in [0.25, 0.3) is 0 Å². The number of aryl methyl sites for hydroxylation is 1. The molecule has 0 aliphatic heterocycles. The highest BCUT2D eigenvalue weighted by Gasteiger charge is 2.30. The summed E-state index contributed by atoms with van der Waals surface area (Å²) in [6.45, 7) is 4.27. The van der Waals surface area contributed by atoms with Crippen LogP contribution in [0, 0.1) is 23.4 Å². The van der Waals surface area contributed by atoms with Crippen molar-refractivity contribution < 1.29 is 13.2 Å². The molecule has 3 heteroatoms. The van der Waals surface area contributed by atoms with Crippen molar-refractivity contribution >= 4 is 0 Å². The first kappa shape index (κ1) is 23.4. The molecule has 0 nitrogen and oxygen atoms in total. The van der Waals surface area contributed by atoms with E-state index in [1.165, 1.54) is 6.42 Å². The van der Waals surface area contributed by atoms with E-state index < -0.39 is 11.6 Å². The maximum Gasteiger partial charge on any atom is 0.162 e. The summed E-state index contributed by atoms with van der Waals surface area (Å²) < 4.78 is 44.5. The Kier molecular flexibility index (Phi) is 7.63. The van der Waals surface area contributed by atoms with Gasteiger partial charge in [0, 0.05) is 0 Å². The van der Waals surface area contributed by atoms with Gasteiger partial charge in [-0.05, 0) is 110 Å². The van der Waals surface area contributed by atoms with Crippen molar-refractivity contribution in [2.75, 3.05) is 0 Å². The molecule has 2 aliphatic carbocycles. The fourth-order valence-corrected chi connectivity index (χ4v) is 6.12. The molecule has 0 spiro atoms. The first-order chi connectivity index (χ1) is 15.5. The van der Waals surface area contributed by atoms with Crippen LogP contribution in [0.15, 0.2) is 30.3 Å². The molecule has 0 heterocycles. The van der Waals surface area contributed by atoms with Crippen molar-refractivity contribution in [1.82, 2.24) is 0 Å². The first-order valence-electron chi connectivity index (χ1n) is 12.8. The van der Waals surface area contributed by atoms with Crippen LogP contribution in [-0.4, -0.2) is 0 Å². The zero-order valence-corrected chi connectivity index (χ0v) is 19.6. The normalized spacial score (nSPS) is 26.3. The van der Waals surface area contributed by atoms with Crippen molar-refractivity contribution in [2.24, 2.45) is 5.92 Å². The number of rotatable bonds is 6. The molecule has 0 bridgehead atoms. The van der Waals surface area contributed by atoms with Crippen molar-refractivity contribution in [3.05, 3.63) is 70.0 Å². The summed E-state index contributed by atoms with van der Waals surface area (Å²) in [6.07, 6.45) is 10.5. The van der Waals surface area contributed by atoms with Gasteiger partial charge in [-0.25, -0.2) is 13.2 Å². The summed E-state index contributed by atoms with van der Waals surface area (Å²) in [5, 5.41) is 0. The van der Waals surface area contributed by atoms with E-state index in [4.69, 9.17) is 0 Å². The van der Waals surface area contributed by atoms with E-state index in [1.54, 1.807) is 6.07 Å². The minimum atomic E-state index is -0.626. The molecule has 0 aromatic heterocycles. The van der Waals surface area contributed by atoms with Crippen LogP contribution >= 0.6 is 0 Å². The fourth-order valence-electron chi connectivity index (χ4n) is 6.12. The maximum absolute atomic E-state index is 15.1. The van der Waals surface area contributed by atoms with Gasteiger partial charge in [-0.2, -0.15) is 0 Å². The van der Waals surface area contributed by atoms with Gasteiger partial charge in [0.2, 0.25) is 0 Å². The monoisotopic (exact) mass is 442 g/mol. The van der Waals surface area contributed by atoms with Crippen molar-refractivity contribution in [2.45, 2.75) is 102 Å². The van der Waals surface area contributed by atoms with Gasteiger partial charge in [-0.3, -0.25) is 0 Å². The predicted octanol–water partition coefficient (Wildman–Crippen LogP) is 9.18. The van der Waals surface area contributed by atoms with E-state index in [0.717, 1.165) is 81.3 Å². The Morgan fingerprint density at radius 1 is 0.688 bits per heavy atom. The third-order valence-electron chi connectivity index (χ3n) is 8.24. The third kappa shape index (κ3) is 4.92. The zero-order valence-electron chi connectivity index (χ0n) is 19.6. The molecular weight excluding hydrogens is 405 g/mol. The van der Waals surface area contributed by atoms with Gasteiger partial charge in [-0.15, -0.1) is 0 Å². The van der Waals surface area contributed by atoms with E-state index >= 15 is 8.78 Å². The lowest BCUT2D eigenvalue weighted by Gasteiger charge is -2.31. The van der Waals surface area contributed by atoms with E-state index in [0.29, 0.717) is 17.0 Å². The Hall–Kier alpha value is -1.77. The van der Waals surface area contributed by atoms with Crippen LogP contribution in [0.2, 0.25) is 0 Å². The second kappa shape index (κ2) is 10.4. The minimum absolute atomic E-state index is 0.0508. The molecule has 0 N–H and O–H groups in total. The van der Waals surface area contributed by atoms with E-state index in [2.05, 4.69) is 19.9 Å². The summed E-state index contributed by atoms with van der Waals surface area (Å²) in [5.74, 6) is -0.0976. The number of halogens is 3. The highest BCUT2D eigenvalue weighted by molar-refractivity contribution is 5.33. The van der Waals surface area contributed by atoms with Gasteiger partial charge >= 0.3 is 0 Å². The molecule has 0 amide bonds. The van der Waals surface area contributed by atoms with Gasteiger partial charge in [0.15, 0.2) is 11.6 Å². The molecule has 32 heavy (non-hydrogen) atoms. The first-order valence-corrected chi connectivity index (χ1v) is 12.8. The van der Waals surface area contributed by atoms with Crippen molar-refractivity contribution in [3.8, 4) is 0 Å². The lowest BCUT2D eigenvalue weighted by molar-refractivity contribution is 0.311. The van der Waals surface area contributed by atoms with Gasteiger partial charge in [0.1, 0.15) is 5.82 Å². The molecule has 2 aliphatic rings. The van der Waals surface area contributed by atoms with E-state index in [-0.39, 0.29) is 17.7 Å². The second-order valence-electron chi connectivity index (χ2n) is 10.1. The largest absolute Gasteiger partial charge is 0.207 e. The van der Waals surface area contributed by atoms with Crippen LogP contribution in [0.25, 0.3) is 0 Å². The van der Waals surface area contributed by atoms with Crippen LogP contribution in [0.4, 0.5) is 13.2 Å². The summed E-state index contributed by atoms with van der Waals surface area (Å²) >= 11 is 0. The van der Waals surface area contributed by atoms with Crippen LogP contribution in [-0.2, 0) is 6.42 Å². The Labute approximate surface area is 191 Å². The van der Waals surface area contributed by atoms with Gasteiger partial charge < -0.3 is 0 Å². The molecule has 4 rings (SSSR count). The maximum atomic E-state index is 15.1. The molecule has 0 unspecified atom stereocenters. The molecule has 2 fully saturated rings. The number of benzene rings is 2. The quantitative estimate of drug-likeness (QED) is 0.418. The Morgan fingerprint density at radius 3 is 1.72 bits per heavy atom. The summed E-state index contributed by atoms with van der Waals surface area (Å²) in [4.78, 5) is 0. The topological polar surface area (TPSA) is 0 Å². The lowest BCUT2D eigenvalue weighted by Crippen LogP contribution is -2.17. The molecular formula is C29H37F3. The molecule has 0 radical (unpaired) electrons. The highest BCUT2D eigenvalue weighted by Crippen LogP contribution is 2.44. The predicted molar refractivity (Wildman–Crippen MR) is 126 cm³/mol. The van der Waals surface area contributed by atoms with Crippen molar-refractivity contribution in [3.63, 3.8) is 0 Å². The second-order valence-corrected chi connectivity index (χ2v) is 10.1. The van der Waals surface area contributed by atoms with Crippen LogP contribution in [0.1, 0.15) is 118 Å². The van der Waals surface area contributed by atoms with Gasteiger partial charge in [0.05, 0.1) is 0 Å². The Balaban J connectivity index is 1.41. The summed E-state index contributed by atoms with van der Waals surface area (Å²) in [6, 6.07) is 9.38. The highest BCUT2D eigenvalue weighted by atomic mass is 19.2. The lowest BCUT2D eigenvalue weighted by atomic mass is 9.74. The number of hydrogen-bond donors (Lipinski definition) is 0. The summed E-state index contributed by atoms with van der Waals surface area (Å²) in [7, 11) is 0. The smallest absolute Gasteiger partial charge is 0.162 e. The molecule has 174 valence electrons. The van der Waals surface area contributed by atoms with E-state index in [9.17, 15) is 4.39 Å². The number of hydrogen-bond acceptors (Lipinski definition) is 0. The van der Waals surface area contributed by atoms with Crippen LogP contribution < -0.4 is 0 Å². The molecule has 0 atom stereocenters. The molecule has 0 saturated heterocycles. The fraction of sp³-hybridized carbons (Fsp3) is 0.586.